The molecule has 0 unspecified atom stereocenters. The molecule has 3 heteroatoms. The maximum atomic E-state index is 5.03. The number of hydrogen-bond acceptors (Lipinski definition) is 2. The third-order valence-electron chi connectivity index (χ3n) is 10.1. The monoisotopic (exact) mass is 649 g/mol. The molecule has 0 radical (unpaired) electrons. The molecular weight excluding hydrogens is 619 g/mol. The molecule has 51 heavy (non-hydrogen) atoms. The molecule has 0 saturated heterocycles. The first-order chi connectivity index (χ1) is 25.3. The van der Waals surface area contributed by atoms with Gasteiger partial charge >= 0.3 is 0 Å². The highest BCUT2D eigenvalue weighted by Crippen LogP contribution is 2.45. The fraction of sp³-hybridized carbons (Fsp3) is 0. The van der Waals surface area contributed by atoms with Crippen LogP contribution in [0.4, 0.5) is 0 Å². The molecule has 0 fully saturated rings. The highest BCUT2D eigenvalue weighted by atomic mass is 15.0. The van der Waals surface area contributed by atoms with Crippen LogP contribution in [-0.4, -0.2) is 14.5 Å². The van der Waals surface area contributed by atoms with Crippen molar-refractivity contribution in [3.63, 3.8) is 0 Å². The first kappa shape index (κ1) is 29.1. The van der Waals surface area contributed by atoms with E-state index >= 15 is 0 Å². The zero-order chi connectivity index (χ0) is 33.7. The predicted molar refractivity (Wildman–Crippen MR) is 213 cm³/mol. The lowest BCUT2D eigenvalue weighted by atomic mass is 9.85. The van der Waals surface area contributed by atoms with Crippen molar-refractivity contribution in [2.45, 2.75) is 0 Å². The zero-order valence-corrected chi connectivity index (χ0v) is 27.7. The Labute approximate surface area is 295 Å². The molecule has 238 valence electrons. The van der Waals surface area contributed by atoms with Crippen molar-refractivity contribution < 1.29 is 0 Å². The van der Waals surface area contributed by atoms with Gasteiger partial charge in [-0.05, 0) is 91.8 Å². The topological polar surface area (TPSA) is 30.7 Å². The van der Waals surface area contributed by atoms with Gasteiger partial charge in [0.2, 0.25) is 0 Å². The van der Waals surface area contributed by atoms with E-state index in [1.807, 2.05) is 18.6 Å². The summed E-state index contributed by atoms with van der Waals surface area (Å²) in [6.07, 6.45) is 5.84. The fourth-order valence-corrected chi connectivity index (χ4v) is 7.81. The second-order valence-corrected chi connectivity index (χ2v) is 13.0. The smallest absolute Gasteiger partial charge is 0.0702 e. The third-order valence-corrected chi connectivity index (χ3v) is 10.1. The van der Waals surface area contributed by atoms with E-state index in [1.54, 1.807) is 0 Å². The van der Waals surface area contributed by atoms with Gasteiger partial charge in [-0.25, -0.2) is 0 Å². The normalized spacial score (nSPS) is 11.5. The first-order valence-corrected chi connectivity index (χ1v) is 17.3. The van der Waals surface area contributed by atoms with Crippen LogP contribution in [-0.2, 0) is 0 Å². The summed E-state index contributed by atoms with van der Waals surface area (Å²) in [6.45, 7) is 0. The minimum absolute atomic E-state index is 0.938. The molecule has 3 aromatic heterocycles. The second kappa shape index (κ2) is 11.9. The highest BCUT2D eigenvalue weighted by molar-refractivity contribution is 6.22. The fourth-order valence-electron chi connectivity index (χ4n) is 7.81. The molecule has 0 aliphatic rings. The van der Waals surface area contributed by atoms with Gasteiger partial charge in [-0.2, -0.15) is 0 Å². The molecule has 0 aliphatic carbocycles. The summed E-state index contributed by atoms with van der Waals surface area (Å²) in [6, 6.07) is 60.8. The minimum Gasteiger partial charge on any atom is -0.309 e. The van der Waals surface area contributed by atoms with Crippen LogP contribution >= 0.6 is 0 Å². The van der Waals surface area contributed by atoms with E-state index < -0.39 is 0 Å². The van der Waals surface area contributed by atoms with Gasteiger partial charge in [-0.3, -0.25) is 9.97 Å². The molecule has 0 spiro atoms. The molecule has 10 aromatic rings. The second-order valence-electron chi connectivity index (χ2n) is 13.0. The summed E-state index contributed by atoms with van der Waals surface area (Å²) in [5.41, 5.74) is 12.6. The van der Waals surface area contributed by atoms with Crippen LogP contribution in [0.3, 0.4) is 0 Å². The van der Waals surface area contributed by atoms with Gasteiger partial charge in [-0.1, -0.05) is 127 Å². The van der Waals surface area contributed by atoms with Crippen LogP contribution in [0.15, 0.2) is 188 Å². The summed E-state index contributed by atoms with van der Waals surface area (Å²) in [7, 11) is 0. The Hall–Kier alpha value is -6.84. The molecule has 0 amide bonds. The lowest BCUT2D eigenvalue weighted by molar-refractivity contribution is 1.17. The van der Waals surface area contributed by atoms with Gasteiger partial charge in [0.1, 0.15) is 0 Å². The predicted octanol–water partition coefficient (Wildman–Crippen LogP) is 12.5. The molecule has 0 saturated carbocycles. The summed E-state index contributed by atoms with van der Waals surface area (Å²) in [4.78, 5) is 9.51. The SMILES string of the molecule is c1ccc(-c2c3ccccc3c(-c3ccccc3)c3cc(-c4ccc(-c5ccc6c(c5)c5cnccc5n6-c5ccccc5)nc4)ccc23)cc1. The molecule has 3 nitrogen and oxygen atoms in total. The van der Waals surface area contributed by atoms with Crippen molar-refractivity contribution in [3.8, 4) is 50.3 Å². The Morgan fingerprint density at radius 3 is 1.61 bits per heavy atom. The van der Waals surface area contributed by atoms with Crippen molar-refractivity contribution in [2.75, 3.05) is 0 Å². The van der Waals surface area contributed by atoms with E-state index in [0.717, 1.165) is 49.9 Å². The molecule has 0 aliphatic heterocycles. The molecule has 0 atom stereocenters. The van der Waals surface area contributed by atoms with Gasteiger partial charge < -0.3 is 4.57 Å². The van der Waals surface area contributed by atoms with E-state index in [1.165, 1.54) is 43.8 Å². The quantitative estimate of drug-likeness (QED) is 0.174. The largest absolute Gasteiger partial charge is 0.309 e. The summed E-state index contributed by atoms with van der Waals surface area (Å²) >= 11 is 0. The molecule has 10 rings (SSSR count). The average molecular weight is 650 g/mol. The van der Waals surface area contributed by atoms with Crippen molar-refractivity contribution >= 4 is 43.4 Å². The number of aromatic nitrogens is 3. The lowest BCUT2D eigenvalue weighted by Crippen LogP contribution is -1.93. The van der Waals surface area contributed by atoms with Gasteiger partial charge in [0.15, 0.2) is 0 Å². The molecule has 0 bridgehead atoms. The maximum Gasteiger partial charge on any atom is 0.0702 e. The van der Waals surface area contributed by atoms with Crippen molar-refractivity contribution in [3.05, 3.63) is 188 Å². The van der Waals surface area contributed by atoms with Gasteiger partial charge in [-0.15, -0.1) is 0 Å². The number of benzene rings is 7. The van der Waals surface area contributed by atoms with E-state index in [0.29, 0.717) is 0 Å². The van der Waals surface area contributed by atoms with E-state index in [9.17, 15) is 0 Å². The third kappa shape index (κ3) is 4.82. The van der Waals surface area contributed by atoms with Crippen LogP contribution in [0.25, 0.3) is 93.7 Å². The zero-order valence-electron chi connectivity index (χ0n) is 27.7. The Bertz CT molecular complexity index is 2870. The van der Waals surface area contributed by atoms with Crippen LogP contribution in [0.2, 0.25) is 0 Å². The Morgan fingerprint density at radius 2 is 0.922 bits per heavy atom. The van der Waals surface area contributed by atoms with Crippen molar-refractivity contribution in [1.82, 2.24) is 14.5 Å². The van der Waals surface area contributed by atoms with E-state index in [-0.39, 0.29) is 0 Å². The number of hydrogen-bond donors (Lipinski definition) is 0. The first-order valence-electron chi connectivity index (χ1n) is 17.3. The Morgan fingerprint density at radius 1 is 0.353 bits per heavy atom. The highest BCUT2D eigenvalue weighted by Gasteiger charge is 2.18. The Balaban J connectivity index is 1.11. The van der Waals surface area contributed by atoms with Gasteiger partial charge in [0.25, 0.3) is 0 Å². The van der Waals surface area contributed by atoms with Crippen LogP contribution in [0.1, 0.15) is 0 Å². The number of nitrogens with zero attached hydrogens (tertiary/aromatic N) is 3. The van der Waals surface area contributed by atoms with Crippen LogP contribution in [0, 0.1) is 0 Å². The standard InChI is InChI=1S/C48H31N3/c1-4-12-32(13-5-1)47-38-18-10-11-19-39(38)48(33-14-6-2-7-15-33)42-28-34(20-23-40(42)47)36-21-24-44(50-30-36)35-22-25-45-41(29-35)43-31-49-27-26-46(43)51(45)37-16-8-3-9-17-37/h1-31H. The lowest BCUT2D eigenvalue weighted by Gasteiger charge is -2.18. The van der Waals surface area contributed by atoms with Crippen molar-refractivity contribution in [1.29, 1.82) is 0 Å². The van der Waals surface area contributed by atoms with Crippen molar-refractivity contribution in [2.24, 2.45) is 0 Å². The number of fused-ring (bicyclic) bond motifs is 5. The number of para-hydroxylation sites is 1. The van der Waals surface area contributed by atoms with E-state index in [4.69, 9.17) is 4.98 Å². The molecule has 3 heterocycles. The Kier molecular flexibility index (Phi) is 6.81. The number of pyridine rings is 2. The molecule has 0 N–H and O–H groups in total. The molecule has 7 aromatic carbocycles. The minimum atomic E-state index is 0.938. The van der Waals surface area contributed by atoms with E-state index in [2.05, 4.69) is 179 Å². The number of rotatable bonds is 5. The summed E-state index contributed by atoms with van der Waals surface area (Å²) < 4.78 is 2.31. The van der Waals surface area contributed by atoms with Gasteiger partial charge in [0.05, 0.1) is 16.7 Å². The average Bonchev–Trinajstić information content (AvgIpc) is 3.54. The van der Waals surface area contributed by atoms with Gasteiger partial charge in [0, 0.05) is 46.2 Å². The summed E-state index contributed by atoms with van der Waals surface area (Å²) in [5, 5.41) is 7.27. The molecular formula is C48H31N3. The summed E-state index contributed by atoms with van der Waals surface area (Å²) in [5.74, 6) is 0. The van der Waals surface area contributed by atoms with Crippen LogP contribution < -0.4 is 0 Å². The van der Waals surface area contributed by atoms with Crippen LogP contribution in [0.5, 0.6) is 0 Å². The maximum absolute atomic E-state index is 5.03.